The molecule has 2 aliphatic rings. The van der Waals surface area contributed by atoms with E-state index < -0.39 is 0 Å². The molecule has 6 nitrogen and oxygen atoms in total. The molecule has 2 aromatic rings. The van der Waals surface area contributed by atoms with Crippen LogP contribution in [-0.4, -0.2) is 53.4 Å². The second-order valence-corrected chi connectivity index (χ2v) is 8.54. The molecule has 1 saturated heterocycles. The van der Waals surface area contributed by atoms with E-state index in [0.717, 1.165) is 50.4 Å². The van der Waals surface area contributed by atoms with Gasteiger partial charge in [-0.05, 0) is 43.5 Å². The molecule has 1 fully saturated rings. The molecule has 0 saturated carbocycles. The molecule has 1 amide bonds. The molecule has 4 heterocycles. The van der Waals surface area contributed by atoms with Gasteiger partial charge in [-0.15, -0.1) is 11.3 Å². The number of likely N-dealkylation sites (tertiary alicyclic amines) is 1. The maximum Gasteiger partial charge on any atom is 0.261 e. The number of nitrogens with zero attached hydrogens (tertiary/aromatic N) is 3. The number of nitrogens with one attached hydrogen (secondary N) is 1. The number of ether oxygens (including phenoxy) is 1. The molecule has 1 spiro atoms. The lowest BCUT2D eigenvalue weighted by Gasteiger charge is -2.44. The quantitative estimate of drug-likeness (QED) is 0.827. The molecule has 146 valence electrons. The summed E-state index contributed by atoms with van der Waals surface area (Å²) in [6.45, 7) is 7.58. The van der Waals surface area contributed by atoms with Crippen LogP contribution in [-0.2, 0) is 23.3 Å². The lowest BCUT2D eigenvalue weighted by Crippen LogP contribution is -2.46. The Hall–Kier alpha value is -1.70. The first-order valence-corrected chi connectivity index (χ1v) is 10.8. The van der Waals surface area contributed by atoms with Crippen LogP contribution in [0.4, 0.5) is 0 Å². The Morgan fingerprint density at radius 3 is 2.96 bits per heavy atom. The predicted molar refractivity (Wildman–Crippen MR) is 106 cm³/mol. The van der Waals surface area contributed by atoms with Crippen LogP contribution in [0.15, 0.2) is 24.5 Å². The van der Waals surface area contributed by atoms with Crippen molar-refractivity contribution in [2.75, 3.05) is 32.8 Å². The summed E-state index contributed by atoms with van der Waals surface area (Å²) in [4.78, 5) is 17.3. The van der Waals surface area contributed by atoms with E-state index in [1.165, 1.54) is 16.9 Å². The monoisotopic (exact) mass is 388 g/mol. The van der Waals surface area contributed by atoms with Crippen molar-refractivity contribution in [2.24, 2.45) is 0 Å². The summed E-state index contributed by atoms with van der Waals surface area (Å²) in [5, 5.41) is 7.19. The SMILES string of the molecule is CCCN1CCC2(CC1)OCCc1sc(C(=O)NCCn3cccn3)cc12. The van der Waals surface area contributed by atoms with Crippen molar-refractivity contribution in [1.29, 1.82) is 0 Å². The largest absolute Gasteiger partial charge is 0.370 e. The molecule has 7 heteroatoms. The van der Waals surface area contributed by atoms with Gasteiger partial charge < -0.3 is 15.0 Å². The second-order valence-electron chi connectivity index (χ2n) is 7.41. The minimum atomic E-state index is -0.179. The number of hydrogen-bond donors (Lipinski definition) is 1. The Morgan fingerprint density at radius 1 is 1.37 bits per heavy atom. The first kappa shape index (κ1) is 18.7. The second kappa shape index (κ2) is 8.12. The average Bonchev–Trinajstić information content (AvgIpc) is 3.34. The van der Waals surface area contributed by atoms with Crippen LogP contribution in [0.5, 0.6) is 0 Å². The summed E-state index contributed by atoms with van der Waals surface area (Å²) < 4.78 is 8.15. The smallest absolute Gasteiger partial charge is 0.261 e. The van der Waals surface area contributed by atoms with Gasteiger partial charge in [0.2, 0.25) is 0 Å². The first-order chi connectivity index (χ1) is 13.2. The zero-order valence-corrected chi connectivity index (χ0v) is 16.8. The van der Waals surface area contributed by atoms with E-state index in [0.29, 0.717) is 13.1 Å². The molecule has 4 rings (SSSR count). The van der Waals surface area contributed by atoms with Crippen LogP contribution in [0.2, 0.25) is 0 Å². The van der Waals surface area contributed by atoms with E-state index in [4.69, 9.17) is 4.74 Å². The van der Waals surface area contributed by atoms with Gasteiger partial charge in [0.1, 0.15) is 0 Å². The Balaban J connectivity index is 1.42. The highest BCUT2D eigenvalue weighted by Crippen LogP contribution is 2.44. The van der Waals surface area contributed by atoms with E-state index in [-0.39, 0.29) is 11.5 Å². The van der Waals surface area contributed by atoms with Gasteiger partial charge in [-0.2, -0.15) is 5.10 Å². The lowest BCUT2D eigenvalue weighted by molar-refractivity contribution is -0.0969. The maximum atomic E-state index is 12.6. The average molecular weight is 389 g/mol. The molecular formula is C20H28N4O2S. The van der Waals surface area contributed by atoms with Crippen molar-refractivity contribution in [2.45, 2.75) is 44.8 Å². The fraction of sp³-hybridized carbons (Fsp3) is 0.600. The minimum Gasteiger partial charge on any atom is -0.370 e. The van der Waals surface area contributed by atoms with Gasteiger partial charge in [0, 0.05) is 43.3 Å². The molecule has 2 aliphatic heterocycles. The first-order valence-electron chi connectivity index (χ1n) is 9.95. The molecule has 27 heavy (non-hydrogen) atoms. The molecule has 0 aliphatic carbocycles. The molecule has 0 unspecified atom stereocenters. The van der Waals surface area contributed by atoms with Crippen LogP contribution < -0.4 is 5.32 Å². The van der Waals surface area contributed by atoms with Crippen molar-refractivity contribution in [1.82, 2.24) is 20.0 Å². The molecule has 1 N–H and O–H groups in total. The predicted octanol–water partition coefficient (Wildman–Crippen LogP) is 2.65. The van der Waals surface area contributed by atoms with Crippen LogP contribution in [0.3, 0.4) is 0 Å². The third kappa shape index (κ3) is 3.95. The number of hydrogen-bond acceptors (Lipinski definition) is 5. The number of thiophene rings is 1. The highest BCUT2D eigenvalue weighted by Gasteiger charge is 2.42. The zero-order chi connectivity index (χ0) is 18.7. The highest BCUT2D eigenvalue weighted by molar-refractivity contribution is 7.14. The van der Waals surface area contributed by atoms with Gasteiger partial charge in [-0.1, -0.05) is 6.92 Å². The van der Waals surface area contributed by atoms with Gasteiger partial charge in [0.05, 0.1) is 23.6 Å². The lowest BCUT2D eigenvalue weighted by atomic mass is 9.82. The van der Waals surface area contributed by atoms with Crippen molar-refractivity contribution in [3.8, 4) is 0 Å². The number of fused-ring (bicyclic) bond motifs is 2. The van der Waals surface area contributed by atoms with E-state index in [1.54, 1.807) is 17.5 Å². The fourth-order valence-corrected chi connectivity index (χ4v) is 5.35. The van der Waals surface area contributed by atoms with E-state index in [2.05, 4.69) is 28.3 Å². The van der Waals surface area contributed by atoms with Crippen molar-refractivity contribution < 1.29 is 9.53 Å². The summed E-state index contributed by atoms with van der Waals surface area (Å²) >= 11 is 1.64. The van der Waals surface area contributed by atoms with Gasteiger partial charge in [0.15, 0.2) is 0 Å². The Kier molecular flexibility index (Phi) is 5.61. The van der Waals surface area contributed by atoms with Crippen LogP contribution >= 0.6 is 11.3 Å². The molecule has 0 radical (unpaired) electrons. The highest BCUT2D eigenvalue weighted by atomic mass is 32.1. The van der Waals surface area contributed by atoms with Crippen molar-refractivity contribution >= 4 is 17.2 Å². The van der Waals surface area contributed by atoms with E-state index >= 15 is 0 Å². The third-order valence-corrected chi connectivity index (χ3v) is 6.81. The fourth-order valence-electron chi connectivity index (χ4n) is 4.20. The Bertz CT molecular complexity index is 763. The standard InChI is InChI=1S/C20H28N4O2S/c1-2-9-23-11-5-20(6-12-23)16-15-18(27-17(16)4-14-26-20)19(25)21-8-13-24-10-3-7-22-24/h3,7,10,15H,2,4-6,8-9,11-14H2,1H3,(H,21,25). The summed E-state index contributed by atoms with van der Waals surface area (Å²) in [7, 11) is 0. The van der Waals surface area contributed by atoms with Gasteiger partial charge >= 0.3 is 0 Å². The summed E-state index contributed by atoms with van der Waals surface area (Å²) in [6, 6.07) is 3.98. The summed E-state index contributed by atoms with van der Waals surface area (Å²) in [5.74, 6) is 0.0140. The number of carbonyl (C=O) groups excluding carboxylic acids is 1. The number of amides is 1. The Morgan fingerprint density at radius 2 is 2.22 bits per heavy atom. The van der Waals surface area contributed by atoms with Crippen molar-refractivity contribution in [3.05, 3.63) is 39.8 Å². The molecule has 2 aromatic heterocycles. The van der Waals surface area contributed by atoms with E-state index in [9.17, 15) is 4.79 Å². The molecule has 0 atom stereocenters. The molecule has 0 aromatic carbocycles. The topological polar surface area (TPSA) is 59.4 Å². The number of carbonyl (C=O) groups is 1. The summed E-state index contributed by atoms with van der Waals surface area (Å²) in [6.07, 6.45) is 7.82. The summed E-state index contributed by atoms with van der Waals surface area (Å²) in [5.41, 5.74) is 1.09. The van der Waals surface area contributed by atoms with Crippen LogP contribution in [0, 0.1) is 0 Å². The normalized spacial score (nSPS) is 19.1. The van der Waals surface area contributed by atoms with Crippen molar-refractivity contribution in [3.63, 3.8) is 0 Å². The number of rotatable bonds is 6. The number of piperidine rings is 1. The van der Waals surface area contributed by atoms with Gasteiger partial charge in [0.25, 0.3) is 5.91 Å². The van der Waals surface area contributed by atoms with Crippen LogP contribution in [0.1, 0.15) is 46.3 Å². The number of aromatic nitrogens is 2. The maximum absolute atomic E-state index is 12.6. The molecule has 0 bridgehead atoms. The van der Waals surface area contributed by atoms with Gasteiger partial charge in [-0.25, -0.2) is 0 Å². The Labute approximate surface area is 164 Å². The van der Waals surface area contributed by atoms with Crippen LogP contribution in [0.25, 0.3) is 0 Å². The zero-order valence-electron chi connectivity index (χ0n) is 15.9. The third-order valence-electron chi connectivity index (χ3n) is 5.62. The minimum absolute atomic E-state index is 0.0140. The molecular weight excluding hydrogens is 360 g/mol. The van der Waals surface area contributed by atoms with E-state index in [1.807, 2.05) is 16.9 Å². The van der Waals surface area contributed by atoms with Gasteiger partial charge in [-0.3, -0.25) is 9.48 Å².